The Kier molecular flexibility index (Phi) is 4.16. The molecule has 2 heterocycles. The lowest BCUT2D eigenvalue weighted by atomic mass is 10.2. The lowest BCUT2D eigenvalue weighted by Crippen LogP contribution is -2.27. The second-order valence-electron chi connectivity index (χ2n) is 5.22. The van der Waals surface area contributed by atoms with Crippen LogP contribution in [0.15, 0.2) is 58.4 Å². The summed E-state index contributed by atoms with van der Waals surface area (Å²) in [5.74, 6) is -0.825. The summed E-state index contributed by atoms with van der Waals surface area (Å²) in [7, 11) is -4.06. The average molecular weight is 347 g/mol. The third-order valence-corrected chi connectivity index (χ3v) is 5.08. The van der Waals surface area contributed by atoms with Crippen LogP contribution in [0.5, 0.6) is 0 Å². The minimum atomic E-state index is -4.06. The molecule has 0 saturated heterocycles. The van der Waals surface area contributed by atoms with Crippen LogP contribution >= 0.6 is 0 Å². The first-order valence-electron chi connectivity index (χ1n) is 7.10. The van der Waals surface area contributed by atoms with Gasteiger partial charge in [0.25, 0.3) is 5.56 Å². The zero-order valence-electron chi connectivity index (χ0n) is 12.7. The largest absolute Gasteiger partial charge is 0.269 e. The standard InChI is InChI=1S/C16H14FN3O3S/c1-11-5-4-6-13(17)16(11)24(22,23)18-10-12-9-15(21)20-8-3-2-7-14(20)19-12/h2-9,18H,10H2,1H3. The van der Waals surface area contributed by atoms with E-state index in [1.54, 1.807) is 24.4 Å². The first-order chi connectivity index (χ1) is 11.4. The number of sulfonamides is 1. The van der Waals surface area contributed by atoms with Gasteiger partial charge in [-0.2, -0.15) is 0 Å². The van der Waals surface area contributed by atoms with Crippen molar-refractivity contribution in [3.8, 4) is 0 Å². The number of nitrogens with zero attached hydrogens (tertiary/aromatic N) is 2. The second kappa shape index (κ2) is 6.14. The van der Waals surface area contributed by atoms with E-state index in [1.165, 1.54) is 29.5 Å². The summed E-state index contributed by atoms with van der Waals surface area (Å²) in [4.78, 5) is 15.8. The van der Waals surface area contributed by atoms with Gasteiger partial charge in [-0.1, -0.05) is 18.2 Å². The van der Waals surface area contributed by atoms with Gasteiger partial charge in [-0.3, -0.25) is 9.20 Å². The summed E-state index contributed by atoms with van der Waals surface area (Å²) in [6, 6.07) is 10.3. The molecule has 0 saturated carbocycles. The topological polar surface area (TPSA) is 80.5 Å². The maximum Gasteiger partial charge on any atom is 0.258 e. The third kappa shape index (κ3) is 3.06. The van der Waals surface area contributed by atoms with Crippen molar-refractivity contribution in [2.45, 2.75) is 18.4 Å². The van der Waals surface area contributed by atoms with Gasteiger partial charge in [0.15, 0.2) is 0 Å². The summed E-state index contributed by atoms with van der Waals surface area (Å²) >= 11 is 0. The highest BCUT2D eigenvalue weighted by Gasteiger charge is 2.21. The van der Waals surface area contributed by atoms with Crippen molar-refractivity contribution in [3.05, 3.63) is 76.1 Å². The zero-order valence-corrected chi connectivity index (χ0v) is 13.5. The maximum absolute atomic E-state index is 13.9. The Morgan fingerprint density at radius 3 is 2.75 bits per heavy atom. The number of pyridine rings is 1. The van der Waals surface area contributed by atoms with Crippen LogP contribution in [0.1, 0.15) is 11.3 Å². The first kappa shape index (κ1) is 16.3. The van der Waals surface area contributed by atoms with Gasteiger partial charge in [-0.25, -0.2) is 22.5 Å². The molecule has 3 aromatic rings. The summed E-state index contributed by atoms with van der Waals surface area (Å²) < 4.78 is 42.2. The van der Waals surface area contributed by atoms with Gasteiger partial charge in [0.1, 0.15) is 16.4 Å². The van der Waals surface area contributed by atoms with Gasteiger partial charge in [0, 0.05) is 12.3 Å². The lowest BCUT2D eigenvalue weighted by molar-refractivity contribution is 0.554. The van der Waals surface area contributed by atoms with Crippen molar-refractivity contribution in [1.82, 2.24) is 14.1 Å². The molecule has 0 unspecified atom stereocenters. The van der Waals surface area contributed by atoms with Crippen LogP contribution in [-0.4, -0.2) is 17.8 Å². The van der Waals surface area contributed by atoms with Gasteiger partial charge < -0.3 is 0 Å². The fourth-order valence-corrected chi connectivity index (χ4v) is 3.69. The highest BCUT2D eigenvalue weighted by Crippen LogP contribution is 2.18. The fraction of sp³-hybridized carbons (Fsp3) is 0.125. The Bertz CT molecular complexity index is 1060. The van der Waals surface area contributed by atoms with E-state index in [0.717, 1.165) is 6.07 Å². The first-order valence-corrected chi connectivity index (χ1v) is 8.59. The molecule has 124 valence electrons. The third-order valence-electron chi connectivity index (χ3n) is 3.50. The van der Waals surface area contributed by atoms with Crippen LogP contribution in [0, 0.1) is 12.7 Å². The summed E-state index contributed by atoms with van der Waals surface area (Å²) in [5.41, 5.74) is 0.635. The predicted molar refractivity (Wildman–Crippen MR) is 86.6 cm³/mol. The van der Waals surface area contributed by atoms with E-state index in [1.807, 2.05) is 0 Å². The number of aromatic nitrogens is 2. The number of hydrogen-bond donors (Lipinski definition) is 1. The van der Waals surface area contributed by atoms with Gasteiger partial charge in [-0.15, -0.1) is 0 Å². The smallest absolute Gasteiger partial charge is 0.258 e. The number of nitrogens with one attached hydrogen (secondary N) is 1. The molecule has 0 fully saturated rings. The summed E-state index contributed by atoms with van der Waals surface area (Å²) in [6.45, 7) is 1.30. The molecule has 24 heavy (non-hydrogen) atoms. The van der Waals surface area contributed by atoms with Crippen molar-refractivity contribution in [3.63, 3.8) is 0 Å². The molecule has 6 nitrogen and oxygen atoms in total. The predicted octanol–water partition coefficient (Wildman–Crippen LogP) is 1.62. The van der Waals surface area contributed by atoms with E-state index < -0.39 is 20.7 Å². The Morgan fingerprint density at radius 1 is 1.21 bits per heavy atom. The summed E-state index contributed by atoms with van der Waals surface area (Å²) in [6.07, 6.45) is 1.57. The molecule has 1 N–H and O–H groups in total. The van der Waals surface area contributed by atoms with Crippen LogP contribution in [0.2, 0.25) is 0 Å². The molecule has 3 rings (SSSR count). The number of hydrogen-bond acceptors (Lipinski definition) is 4. The van der Waals surface area contributed by atoms with Crippen molar-refractivity contribution >= 4 is 15.7 Å². The maximum atomic E-state index is 13.9. The van der Waals surface area contributed by atoms with E-state index in [2.05, 4.69) is 9.71 Å². The number of rotatable bonds is 4. The van der Waals surface area contributed by atoms with E-state index >= 15 is 0 Å². The molecule has 0 atom stereocenters. The molecule has 0 aliphatic heterocycles. The van der Waals surface area contributed by atoms with Gasteiger partial charge >= 0.3 is 0 Å². The van der Waals surface area contributed by atoms with Crippen molar-refractivity contribution < 1.29 is 12.8 Å². The molecule has 1 aromatic carbocycles. The molecular formula is C16H14FN3O3S. The van der Waals surface area contributed by atoms with Crippen LogP contribution in [0.3, 0.4) is 0 Å². The SMILES string of the molecule is Cc1cccc(F)c1S(=O)(=O)NCc1cc(=O)n2ccccc2n1. The van der Waals surface area contributed by atoms with Crippen molar-refractivity contribution in [2.24, 2.45) is 0 Å². The zero-order chi connectivity index (χ0) is 17.3. The van der Waals surface area contributed by atoms with Crippen LogP contribution in [-0.2, 0) is 16.6 Å². The quantitative estimate of drug-likeness (QED) is 0.778. The normalized spacial score (nSPS) is 11.8. The number of benzene rings is 1. The Balaban J connectivity index is 1.92. The van der Waals surface area contributed by atoms with Crippen LogP contribution in [0.4, 0.5) is 4.39 Å². The fourth-order valence-electron chi connectivity index (χ4n) is 2.39. The Labute approximate surface area is 137 Å². The monoisotopic (exact) mass is 347 g/mol. The lowest BCUT2D eigenvalue weighted by Gasteiger charge is -2.10. The van der Waals surface area contributed by atoms with E-state index in [-0.39, 0.29) is 17.8 Å². The molecule has 8 heteroatoms. The molecule has 0 spiro atoms. The number of fused-ring (bicyclic) bond motifs is 1. The van der Waals surface area contributed by atoms with E-state index in [4.69, 9.17) is 0 Å². The summed E-state index contributed by atoms with van der Waals surface area (Å²) in [5, 5.41) is 0. The van der Waals surface area contributed by atoms with E-state index in [0.29, 0.717) is 11.2 Å². The minimum Gasteiger partial charge on any atom is -0.269 e. The van der Waals surface area contributed by atoms with Gasteiger partial charge in [-0.05, 0) is 30.7 Å². The number of halogens is 1. The Morgan fingerprint density at radius 2 is 2.00 bits per heavy atom. The van der Waals surface area contributed by atoms with Crippen LogP contribution < -0.4 is 10.3 Å². The molecule has 0 radical (unpaired) electrons. The second-order valence-corrected chi connectivity index (χ2v) is 6.93. The molecule has 2 aromatic heterocycles. The highest BCUT2D eigenvalue weighted by molar-refractivity contribution is 7.89. The van der Waals surface area contributed by atoms with E-state index in [9.17, 15) is 17.6 Å². The molecule has 0 aliphatic rings. The van der Waals surface area contributed by atoms with Gasteiger partial charge in [0.2, 0.25) is 10.0 Å². The van der Waals surface area contributed by atoms with Crippen molar-refractivity contribution in [1.29, 1.82) is 0 Å². The average Bonchev–Trinajstić information content (AvgIpc) is 2.53. The molecular weight excluding hydrogens is 333 g/mol. The number of aryl methyl sites for hydroxylation is 1. The van der Waals surface area contributed by atoms with Crippen LogP contribution in [0.25, 0.3) is 5.65 Å². The minimum absolute atomic E-state index is 0.212. The Hall–Kier alpha value is -2.58. The van der Waals surface area contributed by atoms with Gasteiger partial charge in [0.05, 0.1) is 12.2 Å². The van der Waals surface area contributed by atoms with Crippen molar-refractivity contribution in [2.75, 3.05) is 0 Å². The highest BCUT2D eigenvalue weighted by atomic mass is 32.2. The molecule has 0 bridgehead atoms. The molecule has 0 amide bonds. The molecule has 0 aliphatic carbocycles.